The lowest BCUT2D eigenvalue weighted by Crippen LogP contribution is -2.43. The Balaban J connectivity index is 0.988. The van der Waals surface area contributed by atoms with Gasteiger partial charge in [0, 0.05) is 44.4 Å². The third kappa shape index (κ3) is 9.47. The Labute approximate surface area is 406 Å². The van der Waals surface area contributed by atoms with Crippen molar-refractivity contribution < 1.29 is 9.13 Å². The van der Waals surface area contributed by atoms with Crippen LogP contribution in [0, 0.1) is 0 Å². The molecule has 0 atom stereocenters. The number of aryl methyl sites for hydroxylation is 2. The zero-order valence-corrected chi connectivity index (χ0v) is 38.8. The van der Waals surface area contributed by atoms with Gasteiger partial charge in [-0.15, -0.1) is 0 Å². The van der Waals surface area contributed by atoms with Crippen LogP contribution in [0.1, 0.15) is 0 Å². The molecule has 2 aromatic heterocycles. The Hall–Kier alpha value is -6.78. The number of hydrogen-bond acceptors (Lipinski definition) is 0. The van der Waals surface area contributed by atoms with E-state index in [9.17, 15) is 0 Å². The molecule has 0 aliphatic carbocycles. The molecule has 0 amide bonds. The number of benzene rings is 8. The van der Waals surface area contributed by atoms with E-state index in [0.29, 0.717) is 20.1 Å². The van der Waals surface area contributed by atoms with Crippen LogP contribution in [0.2, 0.25) is 20.1 Å². The molecule has 0 aliphatic heterocycles. The van der Waals surface area contributed by atoms with Crippen LogP contribution in [-0.4, -0.2) is 0 Å². The summed E-state index contributed by atoms with van der Waals surface area (Å²) in [6.07, 6.45) is 8.71. The molecular formula is C60H42Cl4N2+2. The first-order valence-corrected chi connectivity index (χ1v) is 23.3. The fraction of sp³-hybridized carbons (Fsp3) is 0.0333. The molecule has 0 aliphatic rings. The van der Waals surface area contributed by atoms with Crippen molar-refractivity contribution in [3.63, 3.8) is 0 Å². The Morgan fingerprint density at radius 2 is 0.500 bits per heavy atom. The molecule has 0 radical (unpaired) electrons. The van der Waals surface area contributed by atoms with E-state index in [1.165, 1.54) is 0 Å². The Morgan fingerprint density at radius 3 is 0.758 bits per heavy atom. The molecule has 0 saturated heterocycles. The van der Waals surface area contributed by atoms with Gasteiger partial charge in [0.15, 0.2) is 24.8 Å². The highest BCUT2D eigenvalue weighted by Crippen LogP contribution is 2.45. The fourth-order valence-corrected chi connectivity index (χ4v) is 9.21. The topological polar surface area (TPSA) is 7.76 Å². The van der Waals surface area contributed by atoms with Crippen molar-refractivity contribution in [2.24, 2.45) is 0 Å². The summed E-state index contributed by atoms with van der Waals surface area (Å²) in [4.78, 5) is 0. The zero-order chi connectivity index (χ0) is 45.0. The Kier molecular flexibility index (Phi) is 12.7. The zero-order valence-electron chi connectivity index (χ0n) is 35.8. The first-order chi connectivity index (χ1) is 32.3. The molecule has 0 spiro atoms. The summed E-state index contributed by atoms with van der Waals surface area (Å²) in [5.74, 6) is 0. The van der Waals surface area contributed by atoms with Gasteiger partial charge in [-0.25, -0.2) is 0 Å². The van der Waals surface area contributed by atoms with Crippen LogP contribution >= 0.6 is 46.4 Å². The normalized spacial score (nSPS) is 11.2. The van der Waals surface area contributed by atoms with Crippen LogP contribution in [-0.2, 0) is 13.1 Å². The van der Waals surface area contributed by atoms with Gasteiger partial charge in [0.1, 0.15) is 0 Å². The molecule has 10 aromatic rings. The van der Waals surface area contributed by atoms with Gasteiger partial charge in [-0.2, -0.15) is 9.13 Å². The predicted octanol–water partition coefficient (Wildman–Crippen LogP) is 16.9. The van der Waals surface area contributed by atoms with E-state index in [4.69, 9.17) is 46.4 Å². The van der Waals surface area contributed by atoms with E-state index in [1.807, 2.05) is 48.5 Å². The first kappa shape index (κ1) is 43.1. The van der Waals surface area contributed by atoms with Crippen LogP contribution in [0.25, 0.3) is 89.0 Å². The third-order valence-electron chi connectivity index (χ3n) is 12.1. The summed E-state index contributed by atoms with van der Waals surface area (Å²) >= 11 is 25.7. The van der Waals surface area contributed by atoms with E-state index in [0.717, 1.165) is 102 Å². The molecule has 2 heterocycles. The standard InChI is InChI=1S/C60H42Cl4N2/c61-51-19-11-43(12-20-51)55-37-49(41-7-3-1-4-8-41)38-56(44-13-21-52(62)22-14-44)59(55)47-27-31-65(32-28-47)35-36-66-33-29-48(30-34-66)60-57(45-15-23-53(63)24-16-45)39-50(42-9-5-2-6-10-42)40-58(60)46-17-25-54(64)26-18-46/h1-34,37-40H,35-36H2/q+2. The van der Waals surface area contributed by atoms with E-state index in [-0.39, 0.29) is 0 Å². The Morgan fingerprint density at radius 1 is 0.242 bits per heavy atom. The highest BCUT2D eigenvalue weighted by Gasteiger charge is 2.21. The van der Waals surface area contributed by atoms with Gasteiger partial charge >= 0.3 is 0 Å². The van der Waals surface area contributed by atoms with Gasteiger partial charge in [0.05, 0.1) is 0 Å². The van der Waals surface area contributed by atoms with Crippen molar-refractivity contribution >= 4 is 46.4 Å². The van der Waals surface area contributed by atoms with Gasteiger partial charge in [-0.05, 0) is 162 Å². The van der Waals surface area contributed by atoms with Crippen molar-refractivity contribution in [2.45, 2.75) is 13.1 Å². The SMILES string of the molecule is Clc1ccc(-c2cc(-c3ccccc3)cc(-c3ccc(Cl)cc3)c2-c2cc[n+](CC[n+]3ccc(-c4c(-c5ccc(Cl)cc5)cc(-c5ccccc5)cc4-c4ccc(Cl)cc4)cc3)cc2)cc1. The van der Waals surface area contributed by atoms with Crippen molar-refractivity contribution in [1.29, 1.82) is 0 Å². The lowest BCUT2D eigenvalue weighted by Gasteiger charge is -2.19. The molecule has 6 heteroatoms. The summed E-state index contributed by atoms with van der Waals surface area (Å²) in [5.41, 5.74) is 17.9. The van der Waals surface area contributed by atoms with Crippen molar-refractivity contribution in [1.82, 2.24) is 0 Å². The second-order valence-electron chi connectivity index (χ2n) is 16.3. The molecule has 0 bridgehead atoms. The molecule has 66 heavy (non-hydrogen) atoms. The second-order valence-corrected chi connectivity index (χ2v) is 18.0. The molecule has 318 valence electrons. The number of nitrogens with zero attached hydrogens (tertiary/aromatic N) is 2. The molecule has 10 rings (SSSR count). The number of aromatic nitrogens is 2. The van der Waals surface area contributed by atoms with Gasteiger partial charge < -0.3 is 0 Å². The van der Waals surface area contributed by atoms with E-state index >= 15 is 0 Å². The maximum atomic E-state index is 6.42. The lowest BCUT2D eigenvalue weighted by molar-refractivity contribution is -0.778. The highest BCUT2D eigenvalue weighted by atomic mass is 35.5. The van der Waals surface area contributed by atoms with Crippen LogP contribution in [0.15, 0.2) is 231 Å². The van der Waals surface area contributed by atoms with Crippen molar-refractivity contribution in [3.05, 3.63) is 251 Å². The van der Waals surface area contributed by atoms with Crippen molar-refractivity contribution in [2.75, 3.05) is 0 Å². The van der Waals surface area contributed by atoms with Gasteiger partial charge in [-0.1, -0.05) is 156 Å². The summed E-state index contributed by atoms with van der Waals surface area (Å²) in [6.45, 7) is 1.56. The van der Waals surface area contributed by atoms with E-state index in [2.05, 4.69) is 192 Å². The predicted molar refractivity (Wildman–Crippen MR) is 277 cm³/mol. The number of hydrogen-bond donors (Lipinski definition) is 0. The summed E-state index contributed by atoms with van der Waals surface area (Å²) in [6, 6.07) is 71.6. The smallest absolute Gasteiger partial charge is 0.198 e. The molecule has 0 N–H and O–H groups in total. The average molecular weight is 933 g/mol. The van der Waals surface area contributed by atoms with Gasteiger partial charge in [0.25, 0.3) is 0 Å². The van der Waals surface area contributed by atoms with Crippen molar-refractivity contribution in [3.8, 4) is 89.0 Å². The molecule has 0 saturated carbocycles. The Bertz CT molecular complexity index is 2900. The monoisotopic (exact) mass is 930 g/mol. The second kappa shape index (κ2) is 19.4. The minimum absolute atomic E-state index is 0.702. The molecule has 8 aromatic carbocycles. The van der Waals surface area contributed by atoms with E-state index < -0.39 is 0 Å². The largest absolute Gasteiger partial charge is 0.206 e. The molecular weight excluding hydrogens is 890 g/mol. The molecule has 0 fully saturated rings. The fourth-order valence-electron chi connectivity index (χ4n) is 8.71. The maximum Gasteiger partial charge on any atom is 0.206 e. The third-order valence-corrected chi connectivity index (χ3v) is 13.1. The minimum Gasteiger partial charge on any atom is -0.198 e. The summed E-state index contributed by atoms with van der Waals surface area (Å²) < 4.78 is 4.48. The first-order valence-electron chi connectivity index (χ1n) is 21.8. The summed E-state index contributed by atoms with van der Waals surface area (Å²) in [7, 11) is 0. The van der Waals surface area contributed by atoms with Crippen LogP contribution in [0.3, 0.4) is 0 Å². The van der Waals surface area contributed by atoms with Gasteiger partial charge in [-0.3, -0.25) is 0 Å². The summed E-state index contributed by atoms with van der Waals surface area (Å²) in [5, 5.41) is 2.81. The number of rotatable bonds is 11. The van der Waals surface area contributed by atoms with Crippen LogP contribution in [0.4, 0.5) is 0 Å². The number of halogens is 4. The maximum absolute atomic E-state index is 6.42. The highest BCUT2D eigenvalue weighted by molar-refractivity contribution is 6.31. The van der Waals surface area contributed by atoms with Crippen LogP contribution < -0.4 is 9.13 Å². The lowest BCUT2D eigenvalue weighted by atomic mass is 9.85. The molecule has 2 nitrogen and oxygen atoms in total. The average Bonchev–Trinajstić information content (AvgIpc) is 3.37. The van der Waals surface area contributed by atoms with Crippen LogP contribution in [0.5, 0.6) is 0 Å². The van der Waals surface area contributed by atoms with Gasteiger partial charge in [0.2, 0.25) is 13.1 Å². The van der Waals surface area contributed by atoms with E-state index in [1.54, 1.807) is 0 Å². The number of pyridine rings is 2. The minimum atomic E-state index is 0.702. The quantitative estimate of drug-likeness (QED) is 0.114. The molecule has 0 unspecified atom stereocenters.